The zero-order valence-corrected chi connectivity index (χ0v) is 27.2. The Bertz CT molecular complexity index is 2010. The summed E-state index contributed by atoms with van der Waals surface area (Å²) in [4.78, 5) is 33.5. The molecular weight excluding hydrogens is 608 g/mol. The van der Waals surface area contributed by atoms with Crippen LogP contribution in [-0.4, -0.2) is 56.7 Å². The molecule has 0 saturated carbocycles. The minimum Gasteiger partial charge on any atom is -0.493 e. The number of nitrogens with zero attached hydrogens (tertiary/aromatic N) is 2. The maximum Gasteiger partial charge on any atom is 0.257 e. The molecule has 2 heterocycles. The molecule has 244 valence electrons. The molecule has 0 spiro atoms. The van der Waals surface area contributed by atoms with Gasteiger partial charge in [0.1, 0.15) is 0 Å². The third-order valence-electron chi connectivity index (χ3n) is 8.25. The van der Waals surface area contributed by atoms with E-state index in [1.807, 2.05) is 60.7 Å². The predicted molar refractivity (Wildman–Crippen MR) is 186 cm³/mol. The van der Waals surface area contributed by atoms with Crippen LogP contribution in [-0.2, 0) is 13.0 Å². The van der Waals surface area contributed by atoms with Crippen LogP contribution < -0.4 is 29.6 Å². The zero-order chi connectivity index (χ0) is 33.6. The summed E-state index contributed by atoms with van der Waals surface area (Å²) in [5, 5.41) is 6.64. The predicted octanol–water partition coefficient (Wildman–Crippen LogP) is 6.80. The van der Waals surface area contributed by atoms with Gasteiger partial charge in [0.25, 0.3) is 11.8 Å². The number of ether oxygens (including phenoxy) is 4. The van der Waals surface area contributed by atoms with Crippen LogP contribution in [0.5, 0.6) is 23.0 Å². The molecule has 0 unspecified atom stereocenters. The number of para-hydroxylation sites is 1. The van der Waals surface area contributed by atoms with Crippen molar-refractivity contribution in [3.8, 4) is 23.0 Å². The Kier molecular flexibility index (Phi) is 9.43. The number of methoxy groups -OCH3 is 4. The Labute approximate surface area is 278 Å². The number of anilines is 2. The van der Waals surface area contributed by atoms with Crippen LogP contribution in [0.4, 0.5) is 11.4 Å². The number of carbonyl (C=O) groups excluding carboxylic acids is 2. The molecule has 4 aromatic carbocycles. The molecule has 1 aliphatic rings. The molecule has 10 nitrogen and oxygen atoms in total. The van der Waals surface area contributed by atoms with E-state index in [2.05, 4.69) is 32.8 Å². The van der Waals surface area contributed by atoms with Gasteiger partial charge in [0.05, 0.1) is 50.8 Å². The first-order chi connectivity index (χ1) is 23.4. The fourth-order valence-electron chi connectivity index (χ4n) is 5.63. The highest BCUT2D eigenvalue weighted by atomic mass is 16.5. The van der Waals surface area contributed by atoms with Gasteiger partial charge in [-0.15, -0.1) is 0 Å². The molecular formula is C38H36N4O6. The lowest BCUT2D eigenvalue weighted by Gasteiger charge is -2.26. The first-order valence-corrected chi connectivity index (χ1v) is 15.4. The third kappa shape index (κ3) is 6.87. The number of benzene rings is 4. The Morgan fingerprint density at radius 2 is 1.46 bits per heavy atom. The summed E-state index contributed by atoms with van der Waals surface area (Å²) in [5.74, 6) is 1.33. The van der Waals surface area contributed by atoms with E-state index in [0.717, 1.165) is 41.5 Å². The molecule has 0 aliphatic carbocycles. The van der Waals surface area contributed by atoms with Gasteiger partial charge in [-0.1, -0.05) is 30.3 Å². The summed E-state index contributed by atoms with van der Waals surface area (Å²) < 4.78 is 21.8. The van der Waals surface area contributed by atoms with Crippen LogP contribution in [0.1, 0.15) is 37.4 Å². The molecule has 0 saturated heterocycles. The van der Waals surface area contributed by atoms with E-state index in [9.17, 15) is 9.59 Å². The highest BCUT2D eigenvalue weighted by Gasteiger charge is 2.20. The summed E-state index contributed by atoms with van der Waals surface area (Å²) in [6, 6.07) is 24.2. The van der Waals surface area contributed by atoms with Gasteiger partial charge in [-0.05, 0) is 77.9 Å². The lowest BCUT2D eigenvalue weighted by Crippen LogP contribution is -2.22. The van der Waals surface area contributed by atoms with Crippen molar-refractivity contribution < 1.29 is 28.5 Å². The van der Waals surface area contributed by atoms with E-state index < -0.39 is 11.8 Å². The van der Waals surface area contributed by atoms with Gasteiger partial charge < -0.3 is 34.5 Å². The Hall–Kier alpha value is -6.03. The summed E-state index contributed by atoms with van der Waals surface area (Å²) in [5.41, 5.74) is 5.65. The lowest BCUT2D eigenvalue weighted by atomic mass is 10.0. The fourth-order valence-corrected chi connectivity index (χ4v) is 5.63. The van der Waals surface area contributed by atoms with Crippen molar-refractivity contribution in [1.82, 2.24) is 9.88 Å². The number of fused-ring (bicyclic) bond motifs is 2. The van der Waals surface area contributed by atoms with Gasteiger partial charge in [0.2, 0.25) is 0 Å². The van der Waals surface area contributed by atoms with Crippen molar-refractivity contribution in [2.45, 2.75) is 13.0 Å². The van der Waals surface area contributed by atoms with Crippen molar-refractivity contribution in [1.29, 1.82) is 0 Å². The molecule has 0 bridgehead atoms. The molecule has 0 atom stereocenters. The highest BCUT2D eigenvalue weighted by Crippen LogP contribution is 2.35. The molecule has 6 rings (SSSR count). The van der Waals surface area contributed by atoms with E-state index >= 15 is 0 Å². The summed E-state index contributed by atoms with van der Waals surface area (Å²) in [6.45, 7) is 1.58. The molecule has 2 N–H and O–H groups in total. The van der Waals surface area contributed by atoms with E-state index in [-0.39, 0.29) is 11.3 Å². The molecule has 10 heteroatoms. The smallest absolute Gasteiger partial charge is 0.257 e. The highest BCUT2D eigenvalue weighted by molar-refractivity contribution is 6.13. The van der Waals surface area contributed by atoms with Crippen LogP contribution in [0.25, 0.3) is 17.0 Å². The van der Waals surface area contributed by atoms with E-state index in [4.69, 9.17) is 18.9 Å². The van der Waals surface area contributed by atoms with E-state index in [1.54, 1.807) is 32.4 Å². The number of pyridine rings is 1. The second-order valence-electron chi connectivity index (χ2n) is 11.2. The Balaban J connectivity index is 1.13. The Morgan fingerprint density at radius 3 is 2.21 bits per heavy atom. The summed E-state index contributed by atoms with van der Waals surface area (Å²) in [6.07, 6.45) is 6.51. The SMILES string of the molecule is COc1cc2c(cc1OC)CN(CCc1ccc(NC(=O)c3cc(OC)c(OC)cc3NC(=O)c3cnc4ccccc4c3)cc1)C=C2. The molecule has 1 aliphatic heterocycles. The molecule has 0 fully saturated rings. The van der Waals surface area contributed by atoms with Gasteiger partial charge in [-0.2, -0.15) is 0 Å². The number of rotatable bonds is 11. The molecule has 48 heavy (non-hydrogen) atoms. The molecule has 5 aromatic rings. The number of aromatic nitrogens is 1. The number of amides is 2. The van der Waals surface area contributed by atoms with Gasteiger partial charge in [0.15, 0.2) is 23.0 Å². The van der Waals surface area contributed by atoms with Crippen molar-refractivity contribution in [3.63, 3.8) is 0 Å². The normalized spacial score (nSPS) is 11.9. The van der Waals surface area contributed by atoms with Gasteiger partial charge in [0, 0.05) is 36.4 Å². The van der Waals surface area contributed by atoms with Gasteiger partial charge in [-0.25, -0.2) is 0 Å². The van der Waals surface area contributed by atoms with E-state index in [0.29, 0.717) is 34.2 Å². The van der Waals surface area contributed by atoms with Crippen LogP contribution in [0.15, 0.2) is 91.3 Å². The minimum atomic E-state index is -0.417. The lowest BCUT2D eigenvalue weighted by molar-refractivity contribution is 0.102. The molecule has 2 amide bonds. The number of hydrogen-bond acceptors (Lipinski definition) is 8. The van der Waals surface area contributed by atoms with Gasteiger partial charge >= 0.3 is 0 Å². The molecule has 1 aromatic heterocycles. The monoisotopic (exact) mass is 644 g/mol. The first kappa shape index (κ1) is 31.9. The average Bonchev–Trinajstić information content (AvgIpc) is 3.13. The van der Waals surface area contributed by atoms with Crippen LogP contribution >= 0.6 is 0 Å². The topological polar surface area (TPSA) is 111 Å². The fraction of sp³-hybridized carbons (Fsp3) is 0.184. The van der Waals surface area contributed by atoms with Crippen molar-refractivity contribution in [2.24, 2.45) is 0 Å². The standard InChI is InChI=1S/C38H36N4O6/c1-45-33-18-25-14-16-42(23-28(25)19-34(33)46-2)15-13-24-9-11-29(12-10-24)40-38(44)30-20-35(47-3)36(48-4)21-32(30)41-37(43)27-17-26-7-5-6-8-31(26)39-22-27/h5-12,14,16-22H,13,15,23H2,1-4H3,(H,40,44)(H,41,43). The van der Waals surface area contributed by atoms with Crippen molar-refractivity contribution >= 4 is 40.2 Å². The first-order valence-electron chi connectivity index (χ1n) is 15.4. The number of hydrogen-bond donors (Lipinski definition) is 2. The largest absolute Gasteiger partial charge is 0.493 e. The van der Waals surface area contributed by atoms with Crippen LogP contribution in [0.2, 0.25) is 0 Å². The van der Waals surface area contributed by atoms with E-state index in [1.165, 1.54) is 26.0 Å². The maximum absolute atomic E-state index is 13.6. The van der Waals surface area contributed by atoms with Crippen LogP contribution in [0.3, 0.4) is 0 Å². The minimum absolute atomic E-state index is 0.213. The zero-order valence-electron chi connectivity index (χ0n) is 27.2. The second kappa shape index (κ2) is 14.2. The maximum atomic E-state index is 13.6. The second-order valence-corrected chi connectivity index (χ2v) is 11.2. The number of carbonyl (C=O) groups is 2. The van der Waals surface area contributed by atoms with Crippen LogP contribution in [0, 0.1) is 0 Å². The quantitative estimate of drug-likeness (QED) is 0.162. The average molecular weight is 645 g/mol. The molecule has 0 radical (unpaired) electrons. The van der Waals surface area contributed by atoms with Crippen molar-refractivity contribution in [2.75, 3.05) is 45.6 Å². The number of nitrogens with one attached hydrogen (secondary N) is 2. The van der Waals surface area contributed by atoms with Crippen molar-refractivity contribution in [3.05, 3.63) is 119 Å². The third-order valence-corrected chi connectivity index (χ3v) is 8.25. The summed E-state index contributed by atoms with van der Waals surface area (Å²) in [7, 11) is 6.26. The Morgan fingerprint density at radius 1 is 0.771 bits per heavy atom. The van der Waals surface area contributed by atoms with Gasteiger partial charge in [-0.3, -0.25) is 14.6 Å². The summed E-state index contributed by atoms with van der Waals surface area (Å²) >= 11 is 0.